The summed E-state index contributed by atoms with van der Waals surface area (Å²) in [6.45, 7) is 0. The lowest BCUT2D eigenvalue weighted by molar-refractivity contribution is 0.0850. The van der Waals surface area contributed by atoms with Crippen molar-refractivity contribution in [1.29, 1.82) is 0 Å². The van der Waals surface area contributed by atoms with Gasteiger partial charge in [-0.25, -0.2) is 0 Å². The Labute approximate surface area is 138 Å². The summed E-state index contributed by atoms with van der Waals surface area (Å²) in [4.78, 5) is 12.2. The van der Waals surface area contributed by atoms with Gasteiger partial charge in [0.05, 0.1) is 17.0 Å². The summed E-state index contributed by atoms with van der Waals surface area (Å²) < 4.78 is 7.64. The van der Waals surface area contributed by atoms with Crippen molar-refractivity contribution < 1.29 is 9.53 Å². The van der Waals surface area contributed by atoms with Crippen LogP contribution in [0.5, 0.6) is 5.75 Å². The van der Waals surface area contributed by atoms with E-state index in [2.05, 4.69) is 31.9 Å². The maximum absolute atomic E-state index is 12.2. The quantitative estimate of drug-likeness (QED) is 0.607. The number of halogens is 3. The Balaban J connectivity index is 1.98. The Bertz CT molecular complexity index is 700. The van der Waals surface area contributed by atoms with Crippen LogP contribution in [-0.2, 0) is 0 Å². The second-order valence-corrected chi connectivity index (χ2v) is 6.73. The number of carbonyl (C=O) groups excluding carboxylic acids is 1. The number of hydrogen-bond acceptors (Lipinski definition) is 2. The molecule has 0 spiro atoms. The summed E-state index contributed by atoms with van der Waals surface area (Å²) in [5, 5.41) is 0.638. The molecular weight excluding hydrogens is 407 g/mol. The van der Waals surface area contributed by atoms with Gasteiger partial charge in [-0.15, -0.1) is 0 Å². The van der Waals surface area contributed by atoms with Crippen molar-refractivity contribution in [2.75, 3.05) is 0 Å². The zero-order valence-electron chi connectivity index (χ0n) is 10.2. The molecule has 0 radical (unpaired) electrons. The lowest BCUT2D eigenvalue weighted by Crippen LogP contribution is -2.20. The monoisotopic (exact) mass is 414 g/mol. The Morgan fingerprint density at radius 2 is 1.95 bits per heavy atom. The van der Waals surface area contributed by atoms with Crippen LogP contribution >= 0.6 is 43.5 Å². The third-order valence-corrected chi connectivity index (χ3v) is 4.91. The average Bonchev–Trinajstić information content (AvgIpc) is 2.41. The maximum atomic E-state index is 12.2. The highest BCUT2D eigenvalue weighted by Gasteiger charge is 2.27. The molecule has 0 fully saturated rings. The van der Waals surface area contributed by atoms with E-state index >= 15 is 0 Å². The van der Waals surface area contributed by atoms with Crippen LogP contribution in [0.3, 0.4) is 0 Å². The molecule has 5 heteroatoms. The van der Waals surface area contributed by atoms with Crippen molar-refractivity contribution in [2.24, 2.45) is 0 Å². The molecule has 0 amide bonds. The molecule has 1 aliphatic rings. The number of carbonyl (C=O) groups is 1. The largest absolute Gasteiger partial charge is 0.484 e. The van der Waals surface area contributed by atoms with Crippen molar-refractivity contribution in [3.8, 4) is 5.75 Å². The highest BCUT2D eigenvalue weighted by Crippen LogP contribution is 2.37. The first kappa shape index (κ1) is 14.1. The van der Waals surface area contributed by atoms with Gasteiger partial charge >= 0.3 is 0 Å². The molecule has 1 heterocycles. The second kappa shape index (κ2) is 5.51. The predicted molar refractivity (Wildman–Crippen MR) is 85.6 cm³/mol. The molecule has 0 N–H and O–H groups in total. The van der Waals surface area contributed by atoms with E-state index in [9.17, 15) is 4.79 Å². The average molecular weight is 416 g/mol. The first-order chi connectivity index (χ1) is 9.54. The number of rotatable bonds is 1. The second-order valence-electron chi connectivity index (χ2n) is 4.55. The highest BCUT2D eigenvalue weighted by molar-refractivity contribution is 9.10. The van der Waals surface area contributed by atoms with Crippen LogP contribution < -0.4 is 4.74 Å². The van der Waals surface area contributed by atoms with E-state index < -0.39 is 0 Å². The molecule has 0 bridgehead atoms. The SMILES string of the molecule is O=C1CC(c2ccc(Cl)c(Br)c2)Oc2cc(Br)ccc21. The summed E-state index contributed by atoms with van der Waals surface area (Å²) in [5.74, 6) is 0.710. The normalized spacial score (nSPS) is 17.6. The molecule has 2 aromatic carbocycles. The van der Waals surface area contributed by atoms with Crippen LogP contribution in [0.4, 0.5) is 0 Å². The summed E-state index contributed by atoms with van der Waals surface area (Å²) >= 11 is 12.8. The molecule has 0 saturated heterocycles. The summed E-state index contributed by atoms with van der Waals surface area (Å²) in [6.07, 6.45) is 0.0563. The molecule has 2 nitrogen and oxygen atoms in total. The minimum atomic E-state index is -0.280. The zero-order chi connectivity index (χ0) is 14.3. The van der Waals surface area contributed by atoms with Gasteiger partial charge in [0.25, 0.3) is 0 Å². The molecule has 102 valence electrons. The van der Waals surface area contributed by atoms with Crippen LogP contribution in [0.25, 0.3) is 0 Å². The van der Waals surface area contributed by atoms with Gasteiger partial charge in [0, 0.05) is 8.95 Å². The van der Waals surface area contributed by atoms with E-state index in [0.717, 1.165) is 14.5 Å². The van der Waals surface area contributed by atoms with E-state index in [1.807, 2.05) is 24.3 Å². The fourth-order valence-corrected chi connectivity index (χ4v) is 3.05. The smallest absolute Gasteiger partial charge is 0.170 e. The van der Waals surface area contributed by atoms with E-state index in [1.54, 1.807) is 12.1 Å². The Hall–Kier alpha value is -0.840. The van der Waals surface area contributed by atoms with Crippen molar-refractivity contribution in [3.05, 3.63) is 61.5 Å². The Kier molecular flexibility index (Phi) is 3.89. The topological polar surface area (TPSA) is 26.3 Å². The molecule has 0 saturated carbocycles. The first-order valence-corrected chi connectivity index (χ1v) is 7.95. The molecule has 20 heavy (non-hydrogen) atoms. The minimum absolute atomic E-state index is 0.0924. The highest BCUT2D eigenvalue weighted by atomic mass is 79.9. The third-order valence-electron chi connectivity index (χ3n) is 3.20. The van der Waals surface area contributed by atoms with E-state index in [0.29, 0.717) is 22.8 Å². The molecule has 1 unspecified atom stereocenters. The zero-order valence-corrected chi connectivity index (χ0v) is 14.1. The van der Waals surface area contributed by atoms with Crippen LogP contribution in [0.2, 0.25) is 5.02 Å². The van der Waals surface area contributed by atoms with E-state index in [-0.39, 0.29) is 11.9 Å². The van der Waals surface area contributed by atoms with E-state index in [4.69, 9.17) is 16.3 Å². The molecule has 1 aliphatic heterocycles. The van der Waals surface area contributed by atoms with Crippen LogP contribution in [0.15, 0.2) is 45.3 Å². The van der Waals surface area contributed by atoms with Gasteiger partial charge in [-0.3, -0.25) is 4.79 Å². The summed E-state index contributed by atoms with van der Waals surface area (Å²) in [5.41, 5.74) is 1.57. The number of ether oxygens (including phenoxy) is 1. The lowest BCUT2D eigenvalue weighted by atomic mass is 9.96. The van der Waals surface area contributed by atoms with Crippen LogP contribution in [-0.4, -0.2) is 5.78 Å². The van der Waals surface area contributed by atoms with Crippen molar-refractivity contribution in [3.63, 3.8) is 0 Å². The molecule has 0 aliphatic carbocycles. The number of Topliss-reactive ketones (excluding diaryl/α,β-unsaturated/α-hetero) is 1. The third kappa shape index (κ3) is 2.65. The first-order valence-electron chi connectivity index (χ1n) is 5.99. The van der Waals surface area contributed by atoms with Gasteiger partial charge < -0.3 is 4.74 Å². The molecule has 3 rings (SSSR count). The lowest BCUT2D eigenvalue weighted by Gasteiger charge is -2.26. The van der Waals surface area contributed by atoms with Gasteiger partial charge in [-0.2, -0.15) is 0 Å². The Morgan fingerprint density at radius 1 is 1.15 bits per heavy atom. The van der Waals surface area contributed by atoms with Gasteiger partial charge in [0.2, 0.25) is 0 Å². The summed E-state index contributed by atoms with van der Waals surface area (Å²) in [7, 11) is 0. The molecule has 2 aromatic rings. The molecule has 1 atom stereocenters. The predicted octanol–water partition coefficient (Wildman–Crippen LogP) is 5.57. The van der Waals surface area contributed by atoms with E-state index in [1.165, 1.54) is 0 Å². The van der Waals surface area contributed by atoms with Crippen molar-refractivity contribution in [1.82, 2.24) is 0 Å². The van der Waals surface area contributed by atoms with Crippen LogP contribution in [0, 0.1) is 0 Å². The Morgan fingerprint density at radius 3 is 2.70 bits per heavy atom. The fourth-order valence-electron chi connectivity index (χ4n) is 2.20. The number of fused-ring (bicyclic) bond motifs is 1. The van der Waals surface area contributed by atoms with Crippen LogP contribution in [0.1, 0.15) is 28.4 Å². The summed E-state index contributed by atoms with van der Waals surface area (Å²) in [6, 6.07) is 11.0. The van der Waals surface area contributed by atoms with Gasteiger partial charge in [-0.1, -0.05) is 33.6 Å². The van der Waals surface area contributed by atoms with Gasteiger partial charge in [0.1, 0.15) is 11.9 Å². The molecular formula is C15H9Br2ClO2. The van der Waals surface area contributed by atoms with Crippen molar-refractivity contribution in [2.45, 2.75) is 12.5 Å². The minimum Gasteiger partial charge on any atom is -0.484 e. The number of hydrogen-bond donors (Lipinski definition) is 0. The fraction of sp³-hybridized carbons (Fsp3) is 0.133. The molecule has 0 aromatic heterocycles. The maximum Gasteiger partial charge on any atom is 0.170 e. The standard InChI is InChI=1S/C15H9Br2ClO2/c16-9-2-3-10-13(19)7-14(20-15(10)6-9)8-1-4-12(18)11(17)5-8/h1-6,14H,7H2. The van der Waals surface area contributed by atoms with Gasteiger partial charge in [-0.05, 0) is 51.8 Å². The van der Waals surface area contributed by atoms with Crippen molar-refractivity contribution >= 4 is 49.2 Å². The van der Waals surface area contributed by atoms with Gasteiger partial charge in [0.15, 0.2) is 5.78 Å². The number of ketones is 1. The number of benzene rings is 2.